The summed E-state index contributed by atoms with van der Waals surface area (Å²) in [5.74, 6) is -0.253. The summed E-state index contributed by atoms with van der Waals surface area (Å²) in [6, 6.07) is 14.8. The van der Waals surface area contributed by atoms with Crippen LogP contribution >= 0.6 is 0 Å². The Bertz CT molecular complexity index is 771. The molecule has 0 saturated carbocycles. The van der Waals surface area contributed by atoms with Crippen molar-refractivity contribution in [1.82, 2.24) is 0 Å². The van der Waals surface area contributed by atoms with Gasteiger partial charge in [-0.3, -0.25) is 9.59 Å². The number of benzene rings is 2. The third kappa shape index (κ3) is 3.65. The van der Waals surface area contributed by atoms with Crippen molar-refractivity contribution in [2.75, 3.05) is 11.4 Å². The van der Waals surface area contributed by atoms with E-state index in [1.54, 1.807) is 23.1 Å². The first-order chi connectivity index (χ1) is 12.1. The number of carbonyl (C=O) groups excluding carboxylic acids is 2. The van der Waals surface area contributed by atoms with Crippen molar-refractivity contribution in [2.45, 2.75) is 32.3 Å². The Hall–Kier alpha value is -2.82. The van der Waals surface area contributed by atoms with Gasteiger partial charge in [0.15, 0.2) is 6.10 Å². The number of unbranched alkanes of at least 4 members (excludes halogenated alkanes) is 1. The van der Waals surface area contributed by atoms with Crippen molar-refractivity contribution in [2.24, 2.45) is 5.73 Å². The van der Waals surface area contributed by atoms with Crippen molar-refractivity contribution >= 4 is 17.5 Å². The van der Waals surface area contributed by atoms with E-state index >= 15 is 0 Å². The van der Waals surface area contributed by atoms with Crippen LogP contribution in [0.5, 0.6) is 5.75 Å². The van der Waals surface area contributed by atoms with E-state index in [0.29, 0.717) is 17.0 Å². The van der Waals surface area contributed by atoms with Gasteiger partial charge in [0.25, 0.3) is 11.8 Å². The fraction of sp³-hybridized carbons (Fsp3) is 0.300. The number of nitrogens with two attached hydrogens (primary N) is 1. The number of hydrogen-bond donors (Lipinski definition) is 1. The molecule has 1 heterocycles. The molecule has 1 aliphatic heterocycles. The van der Waals surface area contributed by atoms with Crippen LogP contribution in [0.25, 0.3) is 0 Å². The van der Waals surface area contributed by atoms with E-state index in [4.69, 9.17) is 10.5 Å². The number of hydrogen-bond acceptors (Lipinski definition) is 3. The average Bonchev–Trinajstić information content (AvgIpc) is 2.65. The standard InChI is InChI=1S/C20H22N2O3/c1-2-3-6-14-9-11-15(12-10-14)20(24)22-13-18(19(21)23)25-17-8-5-4-7-16(17)22/h4-5,7-12,18H,2-3,6,13H2,1H3,(H2,21,23)/t18-/m1/s1. The van der Waals surface area contributed by atoms with Gasteiger partial charge >= 0.3 is 0 Å². The zero-order chi connectivity index (χ0) is 17.8. The minimum absolute atomic E-state index is 0.114. The monoisotopic (exact) mass is 338 g/mol. The average molecular weight is 338 g/mol. The van der Waals surface area contributed by atoms with Gasteiger partial charge in [-0.05, 0) is 42.7 Å². The molecule has 0 aliphatic carbocycles. The highest BCUT2D eigenvalue weighted by Crippen LogP contribution is 2.34. The highest BCUT2D eigenvalue weighted by atomic mass is 16.5. The molecule has 2 aromatic rings. The van der Waals surface area contributed by atoms with Crippen molar-refractivity contribution in [1.29, 1.82) is 0 Å². The fourth-order valence-electron chi connectivity index (χ4n) is 2.93. The molecule has 5 nitrogen and oxygen atoms in total. The first-order valence-corrected chi connectivity index (χ1v) is 8.56. The lowest BCUT2D eigenvalue weighted by Gasteiger charge is -2.33. The second-order valence-electron chi connectivity index (χ2n) is 6.19. The van der Waals surface area contributed by atoms with Crippen molar-refractivity contribution in [3.8, 4) is 5.75 Å². The van der Waals surface area contributed by atoms with Crippen molar-refractivity contribution in [3.05, 3.63) is 59.7 Å². The second kappa shape index (κ2) is 7.38. The topological polar surface area (TPSA) is 72.6 Å². The summed E-state index contributed by atoms with van der Waals surface area (Å²) in [4.78, 5) is 26.1. The molecule has 2 amide bonds. The number of para-hydroxylation sites is 2. The van der Waals surface area contributed by atoms with Crippen LogP contribution in [-0.2, 0) is 11.2 Å². The Labute approximate surface area is 147 Å². The zero-order valence-electron chi connectivity index (χ0n) is 14.3. The van der Waals surface area contributed by atoms with Crippen molar-refractivity contribution < 1.29 is 14.3 Å². The molecule has 3 rings (SSSR count). The molecule has 0 radical (unpaired) electrons. The van der Waals surface area contributed by atoms with Gasteiger partial charge in [0.05, 0.1) is 12.2 Å². The predicted octanol–water partition coefficient (Wildman–Crippen LogP) is 2.92. The molecule has 1 atom stereocenters. The Morgan fingerprint density at radius 3 is 2.56 bits per heavy atom. The molecule has 0 fully saturated rings. The van der Waals surface area contributed by atoms with Crippen LogP contribution in [-0.4, -0.2) is 24.5 Å². The quantitative estimate of drug-likeness (QED) is 0.911. The summed E-state index contributed by atoms with van der Waals surface area (Å²) < 4.78 is 5.60. The maximum Gasteiger partial charge on any atom is 0.260 e. The first kappa shape index (κ1) is 17.0. The summed E-state index contributed by atoms with van der Waals surface area (Å²) in [6.07, 6.45) is 2.43. The van der Waals surface area contributed by atoms with Crippen LogP contribution in [0.1, 0.15) is 35.7 Å². The second-order valence-corrected chi connectivity index (χ2v) is 6.19. The van der Waals surface area contributed by atoms with Crippen LogP contribution in [0, 0.1) is 0 Å². The maximum atomic E-state index is 13.0. The number of primary amides is 1. The lowest BCUT2D eigenvalue weighted by atomic mass is 10.0. The minimum atomic E-state index is -0.845. The Morgan fingerprint density at radius 1 is 1.16 bits per heavy atom. The molecule has 2 aromatic carbocycles. The molecule has 2 N–H and O–H groups in total. The number of nitrogens with zero attached hydrogens (tertiary/aromatic N) is 1. The molecule has 5 heteroatoms. The molecular weight excluding hydrogens is 316 g/mol. The van der Waals surface area contributed by atoms with Gasteiger partial charge in [-0.2, -0.15) is 0 Å². The Morgan fingerprint density at radius 2 is 1.88 bits per heavy atom. The summed E-state index contributed by atoms with van der Waals surface area (Å²) in [5.41, 5.74) is 7.84. The molecule has 130 valence electrons. The number of anilines is 1. The van der Waals surface area contributed by atoms with Crippen LogP contribution in [0.3, 0.4) is 0 Å². The SMILES string of the molecule is CCCCc1ccc(C(=O)N2C[C@H](C(N)=O)Oc3ccccc32)cc1. The summed E-state index contributed by atoms with van der Waals surface area (Å²) in [7, 11) is 0. The third-order valence-electron chi connectivity index (χ3n) is 4.36. The lowest BCUT2D eigenvalue weighted by molar-refractivity contribution is -0.124. The van der Waals surface area contributed by atoms with Crippen LogP contribution in [0.2, 0.25) is 0 Å². The normalized spacial score (nSPS) is 16.0. The minimum Gasteiger partial charge on any atom is -0.477 e. The molecule has 0 bridgehead atoms. The maximum absolute atomic E-state index is 13.0. The highest BCUT2D eigenvalue weighted by molar-refractivity contribution is 6.07. The van der Waals surface area contributed by atoms with E-state index in [0.717, 1.165) is 19.3 Å². The van der Waals surface area contributed by atoms with Gasteiger partial charge in [-0.15, -0.1) is 0 Å². The molecule has 1 aliphatic rings. The smallest absolute Gasteiger partial charge is 0.260 e. The molecule has 0 saturated heterocycles. The summed E-state index contributed by atoms with van der Waals surface area (Å²) in [6.45, 7) is 2.27. The van der Waals surface area contributed by atoms with Crippen LogP contribution < -0.4 is 15.4 Å². The number of fused-ring (bicyclic) bond motifs is 1. The van der Waals surface area contributed by atoms with E-state index in [2.05, 4.69) is 6.92 Å². The molecule has 0 aromatic heterocycles. The number of amides is 2. The van der Waals surface area contributed by atoms with Crippen LogP contribution in [0.4, 0.5) is 5.69 Å². The summed E-state index contributed by atoms with van der Waals surface area (Å²) >= 11 is 0. The van der Waals surface area contributed by atoms with E-state index in [-0.39, 0.29) is 12.5 Å². The molecule has 0 spiro atoms. The Balaban J connectivity index is 1.86. The van der Waals surface area contributed by atoms with E-state index in [1.165, 1.54) is 5.56 Å². The largest absolute Gasteiger partial charge is 0.477 e. The number of carbonyl (C=O) groups is 2. The van der Waals surface area contributed by atoms with Gasteiger partial charge in [-0.1, -0.05) is 37.6 Å². The lowest BCUT2D eigenvalue weighted by Crippen LogP contribution is -2.49. The predicted molar refractivity (Wildman–Crippen MR) is 96.8 cm³/mol. The van der Waals surface area contributed by atoms with Gasteiger partial charge < -0.3 is 15.4 Å². The van der Waals surface area contributed by atoms with E-state index in [1.807, 2.05) is 30.3 Å². The third-order valence-corrected chi connectivity index (χ3v) is 4.36. The zero-order valence-corrected chi connectivity index (χ0v) is 14.3. The highest BCUT2D eigenvalue weighted by Gasteiger charge is 2.32. The Kier molecular flexibility index (Phi) is 5.03. The van der Waals surface area contributed by atoms with Crippen molar-refractivity contribution in [3.63, 3.8) is 0 Å². The number of ether oxygens (including phenoxy) is 1. The molecule has 25 heavy (non-hydrogen) atoms. The first-order valence-electron chi connectivity index (χ1n) is 8.56. The van der Waals surface area contributed by atoms with Gasteiger partial charge in [0.1, 0.15) is 5.75 Å². The van der Waals surface area contributed by atoms with E-state index < -0.39 is 12.0 Å². The van der Waals surface area contributed by atoms with Gasteiger partial charge in [0, 0.05) is 5.56 Å². The molecule has 0 unspecified atom stereocenters. The van der Waals surface area contributed by atoms with E-state index in [9.17, 15) is 9.59 Å². The fourth-order valence-corrected chi connectivity index (χ4v) is 2.93. The number of aryl methyl sites for hydroxylation is 1. The molecular formula is C20H22N2O3. The summed E-state index contributed by atoms with van der Waals surface area (Å²) in [5, 5.41) is 0. The van der Waals surface area contributed by atoms with Gasteiger partial charge in [0.2, 0.25) is 0 Å². The number of rotatable bonds is 5. The van der Waals surface area contributed by atoms with Gasteiger partial charge in [-0.25, -0.2) is 0 Å². The van der Waals surface area contributed by atoms with Crippen LogP contribution in [0.15, 0.2) is 48.5 Å².